The highest BCUT2D eigenvalue weighted by atomic mass is 32.2. The summed E-state index contributed by atoms with van der Waals surface area (Å²) < 4.78 is 44.8. The van der Waals surface area contributed by atoms with Gasteiger partial charge < -0.3 is 14.7 Å². The Labute approximate surface area is 228 Å². The molecule has 1 heterocycles. The summed E-state index contributed by atoms with van der Waals surface area (Å²) in [6, 6.07) is 4.88. The fourth-order valence-electron chi connectivity index (χ4n) is 5.21. The number of thiazole rings is 1. The number of anilines is 1. The summed E-state index contributed by atoms with van der Waals surface area (Å²) in [6.45, 7) is 0.434. The summed E-state index contributed by atoms with van der Waals surface area (Å²) in [5.41, 5.74) is -0.695. The normalized spacial score (nSPS) is 20.6. The van der Waals surface area contributed by atoms with E-state index in [4.69, 9.17) is 9.84 Å². The SMILES string of the molecule is O=C(O)CSc1cnc(NC(=O)N(C2CCCCC2)[C@H]2CC[C@H](COc3ccc(C(F)(F)F)cc3)CC2)s1. The van der Waals surface area contributed by atoms with Crippen molar-refractivity contribution in [2.24, 2.45) is 5.92 Å². The monoisotopic (exact) mass is 571 g/mol. The van der Waals surface area contributed by atoms with Crippen molar-refractivity contribution in [3.63, 3.8) is 0 Å². The molecule has 0 saturated heterocycles. The van der Waals surface area contributed by atoms with Crippen LogP contribution in [0.1, 0.15) is 63.4 Å². The molecule has 0 aliphatic heterocycles. The zero-order valence-corrected chi connectivity index (χ0v) is 22.5. The van der Waals surface area contributed by atoms with E-state index < -0.39 is 17.7 Å². The minimum Gasteiger partial charge on any atom is -0.493 e. The molecule has 2 fully saturated rings. The third-order valence-electron chi connectivity index (χ3n) is 7.12. The third kappa shape index (κ3) is 8.02. The van der Waals surface area contributed by atoms with E-state index in [0.29, 0.717) is 17.5 Å². The van der Waals surface area contributed by atoms with Crippen molar-refractivity contribution in [3.05, 3.63) is 36.0 Å². The van der Waals surface area contributed by atoms with E-state index in [1.807, 2.05) is 4.90 Å². The fraction of sp³-hybridized carbons (Fsp3) is 0.577. The molecule has 1 aromatic carbocycles. The molecule has 0 unspecified atom stereocenters. The van der Waals surface area contributed by atoms with Crippen LogP contribution in [0.2, 0.25) is 0 Å². The van der Waals surface area contributed by atoms with E-state index in [1.165, 1.54) is 41.7 Å². The number of hydrogen-bond acceptors (Lipinski definition) is 6. The number of rotatable bonds is 9. The standard InChI is InChI=1S/C26H32F3N3O4S2/c27-26(28,29)18-8-12-21(13-9-18)36-15-17-6-10-20(11-7-17)32(19-4-2-1-3-5-19)25(35)31-24-30-14-23(38-24)37-16-22(33)34/h8-9,12-14,17,19-20H,1-7,10-11,15-16H2,(H,33,34)(H,30,31,35)/t17-,20-. The van der Waals surface area contributed by atoms with E-state index in [-0.39, 0.29) is 29.8 Å². The average molecular weight is 572 g/mol. The van der Waals surface area contributed by atoms with Crippen LogP contribution in [-0.2, 0) is 11.0 Å². The van der Waals surface area contributed by atoms with Gasteiger partial charge in [-0.05, 0) is 68.7 Å². The first-order valence-electron chi connectivity index (χ1n) is 12.9. The molecule has 38 heavy (non-hydrogen) atoms. The van der Waals surface area contributed by atoms with Crippen LogP contribution < -0.4 is 10.1 Å². The fourth-order valence-corrected chi connectivity index (χ4v) is 6.79. The van der Waals surface area contributed by atoms with E-state index in [0.717, 1.165) is 67.7 Å². The van der Waals surface area contributed by atoms with Crippen molar-refractivity contribution in [1.29, 1.82) is 0 Å². The number of hydrogen-bond donors (Lipinski definition) is 2. The molecule has 0 atom stereocenters. The number of carboxylic acids is 1. The lowest BCUT2D eigenvalue weighted by Gasteiger charge is -2.42. The molecule has 7 nitrogen and oxygen atoms in total. The first kappa shape index (κ1) is 28.5. The van der Waals surface area contributed by atoms with Crippen molar-refractivity contribution in [3.8, 4) is 5.75 Å². The first-order valence-corrected chi connectivity index (χ1v) is 14.7. The predicted octanol–water partition coefficient (Wildman–Crippen LogP) is 7.14. The van der Waals surface area contributed by atoms with Gasteiger partial charge in [0.1, 0.15) is 5.75 Å². The van der Waals surface area contributed by atoms with Crippen molar-refractivity contribution in [2.75, 3.05) is 17.7 Å². The number of nitrogens with zero attached hydrogens (tertiary/aromatic N) is 2. The van der Waals surface area contributed by atoms with Gasteiger partial charge in [-0.15, -0.1) is 11.8 Å². The predicted molar refractivity (Wildman–Crippen MR) is 141 cm³/mol. The number of carboxylic acid groups (broad SMARTS) is 1. The largest absolute Gasteiger partial charge is 0.493 e. The molecule has 208 valence electrons. The molecule has 2 aromatic rings. The molecule has 2 N–H and O–H groups in total. The number of aliphatic carboxylic acids is 1. The lowest BCUT2D eigenvalue weighted by atomic mass is 9.84. The van der Waals surface area contributed by atoms with Gasteiger partial charge in [-0.1, -0.05) is 30.6 Å². The lowest BCUT2D eigenvalue weighted by molar-refractivity contribution is -0.137. The number of carbonyl (C=O) groups excluding carboxylic acids is 1. The van der Waals surface area contributed by atoms with Crippen LogP contribution in [0.3, 0.4) is 0 Å². The van der Waals surface area contributed by atoms with Gasteiger partial charge in [0, 0.05) is 12.1 Å². The van der Waals surface area contributed by atoms with E-state index in [9.17, 15) is 22.8 Å². The minimum atomic E-state index is -4.37. The van der Waals surface area contributed by atoms with Crippen LogP contribution in [0, 0.1) is 5.92 Å². The molecule has 0 spiro atoms. The molecule has 2 aliphatic carbocycles. The van der Waals surface area contributed by atoms with Gasteiger partial charge in [0.2, 0.25) is 0 Å². The quantitative estimate of drug-likeness (QED) is 0.311. The molecule has 1 aromatic heterocycles. The number of urea groups is 1. The topological polar surface area (TPSA) is 91.8 Å². The Bertz CT molecular complexity index is 1070. The molecule has 2 amide bonds. The molecular formula is C26H32F3N3O4S2. The van der Waals surface area contributed by atoms with Crippen LogP contribution >= 0.6 is 23.1 Å². The number of nitrogens with one attached hydrogen (secondary N) is 1. The Morgan fingerprint density at radius 2 is 1.71 bits per heavy atom. The first-order chi connectivity index (χ1) is 18.2. The average Bonchev–Trinajstić information content (AvgIpc) is 3.34. The number of ether oxygens (including phenoxy) is 1. The molecule has 2 aliphatic rings. The van der Waals surface area contributed by atoms with E-state index in [1.54, 1.807) is 6.20 Å². The van der Waals surface area contributed by atoms with Gasteiger partial charge >= 0.3 is 18.2 Å². The van der Waals surface area contributed by atoms with Gasteiger partial charge in [-0.3, -0.25) is 10.1 Å². The Kier molecular flexibility index (Phi) is 9.80. The van der Waals surface area contributed by atoms with Crippen LogP contribution in [0.5, 0.6) is 5.75 Å². The van der Waals surface area contributed by atoms with Crippen molar-refractivity contribution in [1.82, 2.24) is 9.88 Å². The highest BCUT2D eigenvalue weighted by Gasteiger charge is 2.35. The lowest BCUT2D eigenvalue weighted by Crippen LogP contribution is -2.51. The number of benzene rings is 1. The van der Waals surface area contributed by atoms with Gasteiger partial charge in [-0.25, -0.2) is 9.78 Å². The van der Waals surface area contributed by atoms with Gasteiger partial charge in [-0.2, -0.15) is 13.2 Å². The second-order valence-corrected chi connectivity index (χ2v) is 12.1. The van der Waals surface area contributed by atoms with Crippen molar-refractivity contribution < 1.29 is 32.6 Å². The summed E-state index contributed by atoms with van der Waals surface area (Å²) in [5.74, 6) is -0.265. The van der Waals surface area contributed by atoms with E-state index in [2.05, 4.69) is 10.3 Å². The Balaban J connectivity index is 1.32. The molecule has 0 bridgehead atoms. The summed E-state index contributed by atoms with van der Waals surface area (Å²) >= 11 is 2.45. The summed E-state index contributed by atoms with van der Waals surface area (Å²) in [4.78, 5) is 30.5. The maximum absolute atomic E-state index is 13.5. The number of amides is 2. The molecular weight excluding hydrogens is 539 g/mol. The molecule has 12 heteroatoms. The summed E-state index contributed by atoms with van der Waals surface area (Å²) in [7, 11) is 0. The van der Waals surface area contributed by atoms with Gasteiger partial charge in [0.25, 0.3) is 0 Å². The summed E-state index contributed by atoms with van der Waals surface area (Å²) in [6.07, 6.45) is 5.95. The molecule has 4 rings (SSSR count). The second kappa shape index (κ2) is 13.1. The van der Waals surface area contributed by atoms with Crippen molar-refractivity contribution in [2.45, 2.75) is 80.3 Å². The third-order valence-corrected chi connectivity index (χ3v) is 9.21. The number of alkyl halides is 3. The molecule has 0 radical (unpaired) electrons. The van der Waals surface area contributed by atoms with Gasteiger partial charge in [0.15, 0.2) is 5.13 Å². The highest BCUT2D eigenvalue weighted by molar-refractivity contribution is 8.01. The Morgan fingerprint density at radius 3 is 2.34 bits per heavy atom. The Hall–Kier alpha value is -2.47. The van der Waals surface area contributed by atoms with Crippen LogP contribution in [0.15, 0.2) is 34.7 Å². The smallest absolute Gasteiger partial charge is 0.416 e. The van der Waals surface area contributed by atoms with E-state index >= 15 is 0 Å². The second-order valence-electron chi connectivity index (χ2n) is 9.80. The van der Waals surface area contributed by atoms with Crippen LogP contribution in [-0.4, -0.2) is 51.4 Å². The number of thioether (sulfide) groups is 1. The highest BCUT2D eigenvalue weighted by Crippen LogP contribution is 2.35. The van der Waals surface area contributed by atoms with Crippen LogP contribution in [0.25, 0.3) is 0 Å². The Morgan fingerprint density at radius 1 is 1.05 bits per heavy atom. The summed E-state index contributed by atoms with van der Waals surface area (Å²) in [5, 5.41) is 12.3. The maximum Gasteiger partial charge on any atom is 0.416 e. The number of carbonyl (C=O) groups is 2. The zero-order chi connectivity index (χ0) is 27.1. The number of halogens is 3. The van der Waals surface area contributed by atoms with Crippen LogP contribution in [0.4, 0.5) is 23.1 Å². The molecule has 2 saturated carbocycles. The van der Waals surface area contributed by atoms with Gasteiger partial charge in [0.05, 0.1) is 28.3 Å². The maximum atomic E-state index is 13.5. The van der Waals surface area contributed by atoms with Crippen molar-refractivity contribution >= 4 is 40.2 Å². The zero-order valence-electron chi connectivity index (χ0n) is 20.9. The minimum absolute atomic E-state index is 0.0599. The number of aromatic nitrogens is 1.